The first kappa shape index (κ1) is 17.7. The highest BCUT2D eigenvalue weighted by Gasteiger charge is 2.42. The first-order valence-electron chi connectivity index (χ1n) is 7.94. The standard InChI is InChI=1S/C18H13F3N2O3S/c1-17(2)12-8-9(26-27(25)18(19,20)21)5-6-10(12)14(24)13-11-4-3-7-22-16(11)23-15(13)17/h3-8H,1-2H3,(H,22,23). The SMILES string of the molecule is CC1(C)c2cc(OS(=O)C(F)(F)F)ccc2C(=O)c2c1[nH]c1ncccc21. The van der Waals surface area contributed by atoms with Crippen molar-refractivity contribution in [3.8, 4) is 5.75 Å². The van der Waals surface area contributed by atoms with Gasteiger partial charge in [-0.3, -0.25) is 4.79 Å². The molecular formula is C18H13F3N2O3S. The van der Waals surface area contributed by atoms with Crippen molar-refractivity contribution in [2.24, 2.45) is 0 Å². The molecule has 9 heteroatoms. The Hall–Kier alpha value is -2.68. The fourth-order valence-corrected chi connectivity index (χ4v) is 3.79. The van der Waals surface area contributed by atoms with Gasteiger partial charge in [0.1, 0.15) is 11.4 Å². The van der Waals surface area contributed by atoms with Gasteiger partial charge in [-0.1, -0.05) is 13.8 Å². The number of carbonyl (C=O) groups is 1. The maximum atomic E-state index is 13.0. The number of aromatic amines is 1. The van der Waals surface area contributed by atoms with Gasteiger partial charge in [0.05, 0.1) is 5.56 Å². The lowest BCUT2D eigenvalue weighted by atomic mass is 9.71. The van der Waals surface area contributed by atoms with Gasteiger partial charge in [0, 0.05) is 28.3 Å². The number of aromatic nitrogens is 2. The molecule has 2 aromatic heterocycles. The smallest absolute Gasteiger partial charge is 0.394 e. The van der Waals surface area contributed by atoms with Crippen LogP contribution in [0.2, 0.25) is 0 Å². The summed E-state index contributed by atoms with van der Waals surface area (Å²) < 4.78 is 53.3. The molecule has 2 heterocycles. The first-order chi connectivity index (χ1) is 12.6. The number of benzene rings is 1. The number of ketones is 1. The zero-order chi connectivity index (χ0) is 19.6. The molecule has 0 radical (unpaired) electrons. The molecule has 0 bridgehead atoms. The number of pyridine rings is 1. The minimum atomic E-state index is -4.99. The minimum absolute atomic E-state index is 0.219. The van der Waals surface area contributed by atoms with Crippen LogP contribution in [0.3, 0.4) is 0 Å². The zero-order valence-corrected chi connectivity index (χ0v) is 15.0. The number of carbonyl (C=O) groups excluding carboxylic acids is 1. The summed E-state index contributed by atoms with van der Waals surface area (Å²) in [6.45, 7) is 3.69. The summed E-state index contributed by atoms with van der Waals surface area (Å²) in [4.78, 5) is 20.4. The summed E-state index contributed by atoms with van der Waals surface area (Å²) in [5, 5.41) is 0.690. The molecule has 3 aromatic rings. The quantitative estimate of drug-likeness (QED) is 0.713. The summed E-state index contributed by atoms with van der Waals surface area (Å²) >= 11 is -3.48. The minimum Gasteiger partial charge on any atom is -0.394 e. The van der Waals surface area contributed by atoms with Crippen molar-refractivity contribution < 1.29 is 26.4 Å². The Bertz CT molecular complexity index is 1120. The van der Waals surface area contributed by atoms with Crippen LogP contribution in [0.1, 0.15) is 41.0 Å². The van der Waals surface area contributed by atoms with Crippen LogP contribution in [0.25, 0.3) is 11.0 Å². The average Bonchev–Trinajstić information content (AvgIpc) is 3.00. The number of H-pyrrole nitrogens is 1. The Balaban J connectivity index is 1.86. The van der Waals surface area contributed by atoms with Crippen molar-refractivity contribution in [2.75, 3.05) is 0 Å². The van der Waals surface area contributed by atoms with Crippen molar-refractivity contribution in [3.05, 3.63) is 58.9 Å². The Morgan fingerprint density at radius 2 is 1.96 bits per heavy atom. The van der Waals surface area contributed by atoms with Crippen molar-refractivity contribution in [1.82, 2.24) is 9.97 Å². The van der Waals surface area contributed by atoms with E-state index in [2.05, 4.69) is 14.2 Å². The van der Waals surface area contributed by atoms with Crippen LogP contribution >= 0.6 is 0 Å². The van der Waals surface area contributed by atoms with Gasteiger partial charge in [-0.2, -0.15) is 13.2 Å². The molecule has 0 saturated heterocycles. The van der Waals surface area contributed by atoms with E-state index in [1.807, 2.05) is 13.8 Å². The number of alkyl halides is 3. The van der Waals surface area contributed by atoms with E-state index in [-0.39, 0.29) is 11.5 Å². The second-order valence-electron chi connectivity index (χ2n) is 6.70. The number of nitrogens with one attached hydrogen (secondary N) is 1. The first-order valence-corrected chi connectivity index (χ1v) is 9.01. The van der Waals surface area contributed by atoms with E-state index < -0.39 is 22.0 Å². The van der Waals surface area contributed by atoms with E-state index >= 15 is 0 Å². The van der Waals surface area contributed by atoms with Crippen molar-refractivity contribution in [2.45, 2.75) is 24.8 Å². The molecule has 0 spiro atoms. The molecule has 0 fully saturated rings. The van der Waals surface area contributed by atoms with E-state index in [4.69, 9.17) is 0 Å². The second-order valence-corrected chi connectivity index (χ2v) is 7.80. The van der Waals surface area contributed by atoms with Gasteiger partial charge in [0.15, 0.2) is 5.78 Å². The number of nitrogens with zero attached hydrogens (tertiary/aromatic N) is 1. The maximum absolute atomic E-state index is 13.0. The van der Waals surface area contributed by atoms with E-state index in [0.717, 1.165) is 0 Å². The number of rotatable bonds is 2. The second kappa shape index (κ2) is 5.66. The van der Waals surface area contributed by atoms with Gasteiger partial charge in [-0.15, -0.1) is 0 Å². The third-order valence-corrected chi connectivity index (χ3v) is 5.41. The maximum Gasteiger partial charge on any atom is 0.508 e. The van der Waals surface area contributed by atoms with Gasteiger partial charge in [-0.25, -0.2) is 9.19 Å². The highest BCUT2D eigenvalue weighted by atomic mass is 32.2. The summed E-state index contributed by atoms with van der Waals surface area (Å²) in [5.74, 6) is -0.468. The van der Waals surface area contributed by atoms with Gasteiger partial charge >= 0.3 is 16.6 Å². The molecule has 0 saturated carbocycles. The fourth-order valence-electron chi connectivity index (χ4n) is 3.42. The molecule has 140 valence electrons. The normalized spacial score (nSPS) is 16.7. The zero-order valence-electron chi connectivity index (χ0n) is 14.2. The van der Waals surface area contributed by atoms with Crippen molar-refractivity contribution >= 4 is 27.9 Å². The van der Waals surface area contributed by atoms with E-state index in [0.29, 0.717) is 33.4 Å². The molecule has 27 heavy (non-hydrogen) atoms. The van der Waals surface area contributed by atoms with Crippen LogP contribution < -0.4 is 4.18 Å². The number of halogens is 3. The Morgan fingerprint density at radius 1 is 1.22 bits per heavy atom. The van der Waals surface area contributed by atoms with E-state index in [1.54, 1.807) is 18.3 Å². The molecule has 1 N–H and O–H groups in total. The van der Waals surface area contributed by atoms with Crippen LogP contribution in [0.15, 0.2) is 36.5 Å². The van der Waals surface area contributed by atoms with Crippen LogP contribution in [-0.4, -0.2) is 25.5 Å². The van der Waals surface area contributed by atoms with Crippen molar-refractivity contribution in [3.63, 3.8) is 0 Å². The van der Waals surface area contributed by atoms with Gasteiger partial charge in [0.25, 0.3) is 0 Å². The summed E-state index contributed by atoms with van der Waals surface area (Å²) in [6.07, 6.45) is 1.60. The Labute approximate surface area is 154 Å². The van der Waals surface area contributed by atoms with Gasteiger partial charge in [-0.05, 0) is 35.9 Å². The highest BCUT2D eigenvalue weighted by molar-refractivity contribution is 7.81. The molecule has 0 amide bonds. The predicted molar refractivity (Wildman–Crippen MR) is 92.9 cm³/mol. The lowest BCUT2D eigenvalue weighted by Crippen LogP contribution is -2.30. The molecule has 0 aliphatic heterocycles. The molecule has 1 aromatic carbocycles. The van der Waals surface area contributed by atoms with Gasteiger partial charge in [0.2, 0.25) is 0 Å². The number of fused-ring (bicyclic) bond motifs is 4. The average molecular weight is 394 g/mol. The van der Waals surface area contributed by atoms with Crippen LogP contribution in [-0.2, 0) is 16.5 Å². The third-order valence-electron chi connectivity index (χ3n) is 4.69. The topological polar surface area (TPSA) is 72.1 Å². The van der Waals surface area contributed by atoms with Crippen LogP contribution in [0, 0.1) is 0 Å². The molecule has 1 atom stereocenters. The van der Waals surface area contributed by atoms with Crippen molar-refractivity contribution in [1.29, 1.82) is 0 Å². The Kier molecular flexibility index (Phi) is 3.71. The van der Waals surface area contributed by atoms with E-state index in [1.165, 1.54) is 18.2 Å². The summed E-state index contributed by atoms with van der Waals surface area (Å²) in [6, 6.07) is 7.48. The highest BCUT2D eigenvalue weighted by Crippen LogP contribution is 2.44. The third kappa shape index (κ3) is 2.64. The summed E-state index contributed by atoms with van der Waals surface area (Å²) in [5.41, 5.74) is -3.17. The molecular weight excluding hydrogens is 381 g/mol. The van der Waals surface area contributed by atoms with E-state index in [9.17, 15) is 22.2 Å². The number of hydrogen-bond donors (Lipinski definition) is 1. The fraction of sp³-hybridized carbons (Fsp3) is 0.222. The predicted octanol–water partition coefficient (Wildman–Crippen LogP) is 4.00. The summed E-state index contributed by atoms with van der Waals surface area (Å²) in [7, 11) is 0. The van der Waals surface area contributed by atoms with Crippen LogP contribution in [0.4, 0.5) is 13.2 Å². The molecule has 1 aliphatic carbocycles. The molecule has 1 unspecified atom stereocenters. The number of hydrogen-bond acceptors (Lipinski definition) is 4. The van der Waals surface area contributed by atoms with Gasteiger partial charge < -0.3 is 9.17 Å². The largest absolute Gasteiger partial charge is 0.508 e. The lowest BCUT2D eigenvalue weighted by molar-refractivity contribution is -0.0437. The Morgan fingerprint density at radius 3 is 2.67 bits per heavy atom. The monoisotopic (exact) mass is 394 g/mol. The van der Waals surface area contributed by atoms with Crippen LogP contribution in [0.5, 0.6) is 5.75 Å². The molecule has 4 rings (SSSR count). The molecule has 1 aliphatic rings. The lowest BCUT2D eigenvalue weighted by Gasteiger charge is -2.32. The molecule has 5 nitrogen and oxygen atoms in total.